The number of Topliss-reactive ketones (excluding diaryl/α,β-unsaturated/α-hetero) is 1. The second-order valence-corrected chi connectivity index (χ2v) is 5.91. The van der Waals surface area contributed by atoms with Crippen molar-refractivity contribution in [2.75, 3.05) is 19.9 Å². The maximum Gasteiger partial charge on any atom is 0.231 e. The van der Waals surface area contributed by atoms with Crippen molar-refractivity contribution in [3.63, 3.8) is 0 Å². The van der Waals surface area contributed by atoms with Crippen molar-refractivity contribution in [3.05, 3.63) is 23.8 Å². The van der Waals surface area contributed by atoms with Crippen LogP contribution in [0.3, 0.4) is 0 Å². The number of hydrogen-bond acceptors (Lipinski definition) is 4. The van der Waals surface area contributed by atoms with E-state index in [-0.39, 0.29) is 12.6 Å². The third-order valence-corrected chi connectivity index (χ3v) is 3.37. The van der Waals surface area contributed by atoms with Crippen molar-refractivity contribution < 1.29 is 14.3 Å². The lowest BCUT2D eigenvalue weighted by Crippen LogP contribution is -2.38. The molecule has 1 heterocycles. The summed E-state index contributed by atoms with van der Waals surface area (Å²) in [5.74, 6) is 2.04. The molecule has 2 rings (SSSR count). The van der Waals surface area contributed by atoms with Crippen LogP contribution in [0.15, 0.2) is 18.2 Å². The summed E-state index contributed by atoms with van der Waals surface area (Å²) in [6.45, 7) is 10.2. The van der Waals surface area contributed by atoms with Gasteiger partial charge in [0.15, 0.2) is 17.3 Å². The third kappa shape index (κ3) is 3.51. The fraction of sp³-hybridized carbons (Fsp3) is 0.562. The van der Waals surface area contributed by atoms with Gasteiger partial charge in [0.2, 0.25) is 6.79 Å². The number of carbonyl (C=O) groups excluding carboxylic acids is 1. The molecule has 110 valence electrons. The van der Waals surface area contributed by atoms with Crippen molar-refractivity contribution in [2.45, 2.75) is 33.7 Å². The van der Waals surface area contributed by atoms with Crippen molar-refractivity contribution in [1.82, 2.24) is 4.90 Å². The van der Waals surface area contributed by atoms with Crippen molar-refractivity contribution >= 4 is 5.78 Å². The summed E-state index contributed by atoms with van der Waals surface area (Å²) in [5, 5.41) is 0. The van der Waals surface area contributed by atoms with Gasteiger partial charge in [-0.1, -0.05) is 13.8 Å². The Bertz CT molecular complexity index is 483. The van der Waals surface area contributed by atoms with E-state index in [0.29, 0.717) is 35.6 Å². The number of benzene rings is 1. The Morgan fingerprint density at radius 2 is 1.90 bits per heavy atom. The highest BCUT2D eigenvalue weighted by Crippen LogP contribution is 2.32. The molecule has 0 radical (unpaired) electrons. The lowest BCUT2D eigenvalue weighted by atomic mass is 10.1. The standard InChI is InChI=1S/C16H23NO3/c1-11(2)8-17(12(3)4)9-14(18)13-5-6-15-16(7-13)20-10-19-15/h5-7,11-12H,8-10H2,1-4H3. The first-order valence-corrected chi connectivity index (χ1v) is 7.14. The van der Waals surface area contributed by atoms with Crippen LogP contribution in [-0.2, 0) is 0 Å². The molecule has 0 N–H and O–H groups in total. The molecule has 0 fully saturated rings. The molecule has 1 aromatic carbocycles. The number of ether oxygens (including phenoxy) is 2. The minimum Gasteiger partial charge on any atom is -0.454 e. The molecule has 4 nitrogen and oxygen atoms in total. The van der Waals surface area contributed by atoms with Crippen LogP contribution in [-0.4, -0.2) is 36.6 Å². The SMILES string of the molecule is CC(C)CN(CC(=O)c1ccc2c(c1)OCO2)C(C)C. The van der Waals surface area contributed by atoms with Crippen LogP contribution in [0, 0.1) is 5.92 Å². The molecule has 4 heteroatoms. The number of carbonyl (C=O) groups is 1. The van der Waals surface area contributed by atoms with E-state index in [2.05, 4.69) is 32.6 Å². The molecule has 1 aromatic rings. The molecule has 0 atom stereocenters. The molecule has 0 unspecified atom stereocenters. The van der Waals surface area contributed by atoms with E-state index in [9.17, 15) is 4.79 Å². The van der Waals surface area contributed by atoms with E-state index in [1.165, 1.54) is 0 Å². The Kier molecular flexibility index (Phi) is 4.65. The van der Waals surface area contributed by atoms with E-state index >= 15 is 0 Å². The highest BCUT2D eigenvalue weighted by molar-refractivity contribution is 5.98. The quantitative estimate of drug-likeness (QED) is 0.749. The van der Waals surface area contributed by atoms with Gasteiger partial charge in [0.25, 0.3) is 0 Å². The normalized spacial score (nSPS) is 13.6. The second kappa shape index (κ2) is 6.27. The molecular formula is C16H23NO3. The first-order chi connectivity index (χ1) is 9.47. The minimum absolute atomic E-state index is 0.123. The highest BCUT2D eigenvalue weighted by atomic mass is 16.7. The molecule has 0 aliphatic carbocycles. The number of ketones is 1. The second-order valence-electron chi connectivity index (χ2n) is 5.91. The van der Waals surface area contributed by atoms with Gasteiger partial charge in [-0.05, 0) is 38.0 Å². The summed E-state index contributed by atoms with van der Waals surface area (Å²) in [4.78, 5) is 14.6. The van der Waals surface area contributed by atoms with Gasteiger partial charge >= 0.3 is 0 Å². The molecule has 0 saturated carbocycles. The van der Waals surface area contributed by atoms with Crippen LogP contribution in [0.1, 0.15) is 38.1 Å². The molecule has 0 saturated heterocycles. The average molecular weight is 277 g/mol. The van der Waals surface area contributed by atoms with Crippen LogP contribution >= 0.6 is 0 Å². The number of nitrogens with zero attached hydrogens (tertiary/aromatic N) is 1. The Morgan fingerprint density at radius 1 is 1.20 bits per heavy atom. The van der Waals surface area contributed by atoms with Crippen LogP contribution in [0.4, 0.5) is 0 Å². The van der Waals surface area contributed by atoms with Crippen molar-refractivity contribution in [2.24, 2.45) is 5.92 Å². The van der Waals surface area contributed by atoms with Crippen LogP contribution in [0.5, 0.6) is 11.5 Å². The molecule has 0 aromatic heterocycles. The third-order valence-electron chi connectivity index (χ3n) is 3.37. The minimum atomic E-state index is 0.123. The smallest absolute Gasteiger partial charge is 0.231 e. The predicted octanol–water partition coefficient (Wildman–Crippen LogP) is 2.96. The maximum atomic E-state index is 12.4. The van der Waals surface area contributed by atoms with Gasteiger partial charge in [-0.15, -0.1) is 0 Å². The lowest BCUT2D eigenvalue weighted by molar-refractivity contribution is 0.0892. The number of fused-ring (bicyclic) bond motifs is 1. The summed E-state index contributed by atoms with van der Waals surface area (Å²) in [6, 6.07) is 5.75. The molecule has 20 heavy (non-hydrogen) atoms. The summed E-state index contributed by atoms with van der Waals surface area (Å²) in [7, 11) is 0. The molecule has 1 aliphatic rings. The fourth-order valence-corrected chi connectivity index (χ4v) is 2.27. The van der Waals surface area contributed by atoms with Gasteiger partial charge in [-0.3, -0.25) is 9.69 Å². The topological polar surface area (TPSA) is 38.8 Å². The van der Waals surface area contributed by atoms with E-state index in [0.717, 1.165) is 6.54 Å². The Labute approximate surface area is 120 Å². The van der Waals surface area contributed by atoms with E-state index in [1.807, 2.05) is 6.07 Å². The summed E-state index contributed by atoms with van der Waals surface area (Å²) in [5.41, 5.74) is 0.684. The van der Waals surface area contributed by atoms with Gasteiger partial charge in [0.05, 0.1) is 6.54 Å². The lowest BCUT2D eigenvalue weighted by Gasteiger charge is -2.27. The van der Waals surface area contributed by atoms with Gasteiger partial charge < -0.3 is 9.47 Å². The monoisotopic (exact) mass is 277 g/mol. The highest BCUT2D eigenvalue weighted by Gasteiger charge is 2.19. The Balaban J connectivity index is 2.06. The maximum absolute atomic E-state index is 12.4. The number of rotatable bonds is 6. The number of hydrogen-bond donors (Lipinski definition) is 0. The van der Waals surface area contributed by atoms with E-state index in [4.69, 9.17) is 9.47 Å². The van der Waals surface area contributed by atoms with E-state index < -0.39 is 0 Å². The van der Waals surface area contributed by atoms with Crippen LogP contribution in [0.2, 0.25) is 0 Å². The molecule has 0 spiro atoms. The summed E-state index contributed by atoms with van der Waals surface area (Å²) >= 11 is 0. The van der Waals surface area contributed by atoms with E-state index in [1.54, 1.807) is 12.1 Å². The Morgan fingerprint density at radius 3 is 2.55 bits per heavy atom. The average Bonchev–Trinajstić information content (AvgIpc) is 2.84. The van der Waals surface area contributed by atoms with Crippen LogP contribution in [0.25, 0.3) is 0 Å². The van der Waals surface area contributed by atoms with Gasteiger partial charge in [0, 0.05) is 18.2 Å². The summed E-state index contributed by atoms with van der Waals surface area (Å²) in [6.07, 6.45) is 0. The molecule has 1 aliphatic heterocycles. The Hall–Kier alpha value is -1.55. The van der Waals surface area contributed by atoms with Gasteiger partial charge in [-0.2, -0.15) is 0 Å². The largest absolute Gasteiger partial charge is 0.454 e. The van der Waals surface area contributed by atoms with Crippen molar-refractivity contribution in [3.8, 4) is 11.5 Å². The van der Waals surface area contributed by atoms with Crippen LogP contribution < -0.4 is 9.47 Å². The molecule has 0 amide bonds. The van der Waals surface area contributed by atoms with Gasteiger partial charge in [0.1, 0.15) is 0 Å². The first kappa shape index (κ1) is 14.9. The predicted molar refractivity (Wildman–Crippen MR) is 78.4 cm³/mol. The first-order valence-electron chi connectivity index (χ1n) is 7.14. The zero-order chi connectivity index (χ0) is 14.7. The van der Waals surface area contributed by atoms with Gasteiger partial charge in [-0.25, -0.2) is 0 Å². The zero-order valence-corrected chi connectivity index (χ0v) is 12.7. The molecular weight excluding hydrogens is 254 g/mol. The molecule has 0 bridgehead atoms. The van der Waals surface area contributed by atoms with Crippen molar-refractivity contribution in [1.29, 1.82) is 0 Å². The summed E-state index contributed by atoms with van der Waals surface area (Å²) < 4.78 is 10.6. The fourth-order valence-electron chi connectivity index (χ4n) is 2.27. The zero-order valence-electron chi connectivity index (χ0n) is 12.7.